The van der Waals surface area contributed by atoms with Crippen LogP contribution in [0.3, 0.4) is 0 Å². The molecule has 0 saturated carbocycles. The lowest BCUT2D eigenvalue weighted by atomic mass is 10.0. The first-order valence-corrected chi connectivity index (χ1v) is 13.9. The van der Waals surface area contributed by atoms with Gasteiger partial charge in [0, 0.05) is 12.1 Å². The van der Waals surface area contributed by atoms with Crippen LogP contribution in [0.1, 0.15) is 65.0 Å². The van der Waals surface area contributed by atoms with Gasteiger partial charge in [0.15, 0.2) is 0 Å². The minimum Gasteiger partial charge on any atom is -0.350 e. The molecule has 0 aliphatic carbocycles. The Labute approximate surface area is 214 Å². The highest BCUT2D eigenvalue weighted by atomic mass is 32.2. The van der Waals surface area contributed by atoms with Crippen molar-refractivity contribution in [2.75, 3.05) is 17.1 Å². The lowest BCUT2D eigenvalue weighted by Crippen LogP contribution is -2.55. The second-order valence-corrected chi connectivity index (χ2v) is 12.2. The summed E-state index contributed by atoms with van der Waals surface area (Å²) in [4.78, 5) is 28.3. The van der Waals surface area contributed by atoms with Gasteiger partial charge >= 0.3 is 0 Å². The van der Waals surface area contributed by atoms with Crippen molar-refractivity contribution in [1.29, 1.82) is 0 Å². The zero-order valence-corrected chi connectivity index (χ0v) is 23.0. The molecule has 2 amide bonds. The summed E-state index contributed by atoms with van der Waals surface area (Å²) in [6.07, 6.45) is 1.38. The van der Waals surface area contributed by atoms with Crippen LogP contribution in [-0.4, -0.2) is 49.5 Å². The van der Waals surface area contributed by atoms with Gasteiger partial charge in [0.25, 0.3) is 0 Å². The van der Waals surface area contributed by atoms with Crippen LogP contribution in [0.15, 0.2) is 48.5 Å². The van der Waals surface area contributed by atoms with Gasteiger partial charge in [-0.2, -0.15) is 0 Å². The van der Waals surface area contributed by atoms with Gasteiger partial charge in [0.2, 0.25) is 21.8 Å². The summed E-state index contributed by atoms with van der Waals surface area (Å²) in [5.41, 5.74) is 1.32. The minimum atomic E-state index is -3.83. The first-order chi connectivity index (χ1) is 16.6. The Morgan fingerprint density at radius 1 is 1.03 bits per heavy atom. The number of rotatable bonds is 10. The Balaban J connectivity index is 2.51. The van der Waals surface area contributed by atoms with Crippen LogP contribution in [0.5, 0.6) is 0 Å². The number of carbonyl (C=O) groups is 2. The molecule has 0 aromatic heterocycles. The van der Waals surface area contributed by atoms with Crippen LogP contribution >= 0.6 is 0 Å². The summed E-state index contributed by atoms with van der Waals surface area (Å²) in [5, 5.41) is 2.92. The number of halogens is 1. The average molecular weight is 520 g/mol. The molecule has 2 aromatic carbocycles. The highest BCUT2D eigenvalue weighted by Crippen LogP contribution is 2.29. The maximum Gasteiger partial charge on any atom is 0.244 e. The maximum absolute atomic E-state index is 13.8. The highest BCUT2D eigenvalue weighted by molar-refractivity contribution is 7.92. The van der Waals surface area contributed by atoms with Gasteiger partial charge in [0.1, 0.15) is 18.4 Å². The fraction of sp³-hybridized carbons (Fsp3) is 0.481. The number of para-hydroxylation sites is 1. The Bertz CT molecular complexity index is 1160. The predicted molar refractivity (Wildman–Crippen MR) is 142 cm³/mol. The monoisotopic (exact) mass is 519 g/mol. The largest absolute Gasteiger partial charge is 0.350 e. The zero-order chi connectivity index (χ0) is 27.3. The number of benzene rings is 2. The van der Waals surface area contributed by atoms with Crippen molar-refractivity contribution in [3.63, 3.8) is 0 Å². The zero-order valence-electron chi connectivity index (χ0n) is 22.2. The Morgan fingerprint density at radius 2 is 1.61 bits per heavy atom. The van der Waals surface area contributed by atoms with Crippen molar-refractivity contribution in [2.24, 2.45) is 0 Å². The van der Waals surface area contributed by atoms with E-state index >= 15 is 0 Å². The summed E-state index contributed by atoms with van der Waals surface area (Å²) in [6.45, 7) is 10.8. The third-order valence-corrected chi connectivity index (χ3v) is 6.78. The van der Waals surface area contributed by atoms with Crippen LogP contribution in [-0.2, 0) is 26.2 Å². The average Bonchev–Trinajstić information content (AvgIpc) is 2.76. The van der Waals surface area contributed by atoms with Crippen molar-refractivity contribution in [3.05, 3.63) is 65.5 Å². The molecular formula is C27H38FN3O4S. The van der Waals surface area contributed by atoms with E-state index in [2.05, 4.69) is 5.32 Å². The lowest BCUT2D eigenvalue weighted by Gasteiger charge is -2.35. The Morgan fingerprint density at radius 3 is 2.11 bits per heavy atom. The molecular weight excluding hydrogens is 481 g/mol. The topological polar surface area (TPSA) is 86.8 Å². The van der Waals surface area contributed by atoms with Gasteiger partial charge in [-0.1, -0.05) is 51.1 Å². The molecule has 1 atom stereocenters. The minimum absolute atomic E-state index is 0.0248. The molecule has 9 heteroatoms. The Kier molecular flexibility index (Phi) is 9.65. The molecule has 0 bridgehead atoms. The van der Waals surface area contributed by atoms with Crippen molar-refractivity contribution in [3.8, 4) is 0 Å². The van der Waals surface area contributed by atoms with E-state index in [1.54, 1.807) is 31.2 Å². The fourth-order valence-corrected chi connectivity index (χ4v) is 4.83. The number of hydrogen-bond donors (Lipinski definition) is 1. The van der Waals surface area contributed by atoms with Gasteiger partial charge in [-0.3, -0.25) is 13.9 Å². The summed E-state index contributed by atoms with van der Waals surface area (Å²) >= 11 is 0. The van der Waals surface area contributed by atoms with Crippen LogP contribution in [0.2, 0.25) is 0 Å². The van der Waals surface area contributed by atoms with Gasteiger partial charge < -0.3 is 10.2 Å². The number of amides is 2. The molecule has 1 N–H and O–H groups in total. The van der Waals surface area contributed by atoms with E-state index in [0.29, 0.717) is 17.7 Å². The Hall–Kier alpha value is -2.94. The van der Waals surface area contributed by atoms with Gasteiger partial charge in [-0.05, 0) is 62.4 Å². The van der Waals surface area contributed by atoms with E-state index in [0.717, 1.165) is 16.1 Å². The molecule has 0 fully saturated rings. The summed E-state index contributed by atoms with van der Waals surface area (Å²) in [7, 11) is -3.83. The fourth-order valence-electron chi connectivity index (χ4n) is 3.96. The number of anilines is 1. The number of hydrogen-bond acceptors (Lipinski definition) is 4. The van der Waals surface area contributed by atoms with Crippen molar-refractivity contribution >= 4 is 27.5 Å². The molecule has 198 valence electrons. The molecule has 0 radical (unpaired) electrons. The lowest BCUT2D eigenvalue weighted by molar-refractivity contribution is -0.141. The third kappa shape index (κ3) is 8.05. The van der Waals surface area contributed by atoms with Crippen LogP contribution < -0.4 is 9.62 Å². The molecule has 0 saturated heterocycles. The molecule has 0 heterocycles. The molecule has 2 rings (SSSR count). The normalized spacial score (nSPS) is 12.8. The van der Waals surface area contributed by atoms with Gasteiger partial charge in [0.05, 0.1) is 11.9 Å². The highest BCUT2D eigenvalue weighted by Gasteiger charge is 2.33. The van der Waals surface area contributed by atoms with E-state index in [1.165, 1.54) is 17.0 Å². The molecule has 2 aromatic rings. The maximum atomic E-state index is 13.8. The quantitative estimate of drug-likeness (QED) is 0.503. The summed E-state index contributed by atoms with van der Waals surface area (Å²) in [6, 6.07) is 11.9. The smallest absolute Gasteiger partial charge is 0.244 e. The van der Waals surface area contributed by atoms with Gasteiger partial charge in [-0.25, -0.2) is 12.8 Å². The molecule has 7 nitrogen and oxygen atoms in total. The molecule has 0 spiro atoms. The summed E-state index contributed by atoms with van der Waals surface area (Å²) < 4.78 is 40.3. The first-order valence-electron chi connectivity index (χ1n) is 12.1. The number of sulfonamides is 1. The van der Waals surface area contributed by atoms with Crippen LogP contribution in [0.25, 0.3) is 0 Å². The van der Waals surface area contributed by atoms with Crippen LogP contribution in [0.4, 0.5) is 10.1 Å². The number of carbonyl (C=O) groups excluding carboxylic acids is 2. The molecule has 36 heavy (non-hydrogen) atoms. The number of nitrogens with zero attached hydrogens (tertiary/aromatic N) is 2. The second kappa shape index (κ2) is 11.9. The van der Waals surface area contributed by atoms with Gasteiger partial charge in [-0.15, -0.1) is 0 Å². The van der Waals surface area contributed by atoms with E-state index in [9.17, 15) is 22.4 Å². The third-order valence-electron chi connectivity index (χ3n) is 5.66. The van der Waals surface area contributed by atoms with E-state index in [1.807, 2.05) is 46.8 Å². The van der Waals surface area contributed by atoms with Crippen molar-refractivity contribution in [2.45, 2.75) is 72.0 Å². The first kappa shape index (κ1) is 29.3. The predicted octanol–water partition coefficient (Wildman–Crippen LogP) is 4.44. The van der Waals surface area contributed by atoms with E-state index < -0.39 is 39.9 Å². The standard InChI is InChI=1S/C27H38FN3O4S/c1-8-23(26(33)29-27(4,5)6)30(17-20-13-15-21(28)16-14-20)25(32)18-31(36(7,34)35)24-12-10-9-11-22(24)19(2)3/h9-16,19,23H,8,17-18H2,1-7H3,(H,29,33). The van der Waals surface area contributed by atoms with Crippen LogP contribution in [0, 0.1) is 5.82 Å². The molecule has 0 aliphatic rings. The number of nitrogens with one attached hydrogen (secondary N) is 1. The van der Waals surface area contributed by atoms with E-state index in [-0.39, 0.29) is 18.4 Å². The molecule has 1 unspecified atom stereocenters. The van der Waals surface area contributed by atoms with E-state index in [4.69, 9.17) is 0 Å². The molecule has 0 aliphatic heterocycles. The SMILES string of the molecule is CCC(C(=O)NC(C)(C)C)N(Cc1ccc(F)cc1)C(=O)CN(c1ccccc1C(C)C)S(C)(=O)=O. The summed E-state index contributed by atoms with van der Waals surface area (Å²) in [5.74, 6) is -1.26. The van der Waals surface area contributed by atoms with Crippen molar-refractivity contribution in [1.82, 2.24) is 10.2 Å². The second-order valence-electron chi connectivity index (χ2n) is 10.3. The van der Waals surface area contributed by atoms with Crippen molar-refractivity contribution < 1.29 is 22.4 Å².